The Morgan fingerprint density at radius 2 is 2.11 bits per heavy atom. The van der Waals surface area contributed by atoms with Crippen LogP contribution in [0.15, 0.2) is 11.6 Å². The fraction of sp³-hybridized carbons (Fsp3) is 0.714. The van der Waals surface area contributed by atoms with E-state index < -0.39 is 17.2 Å². The van der Waals surface area contributed by atoms with E-state index in [1.54, 1.807) is 0 Å². The van der Waals surface area contributed by atoms with Crippen LogP contribution in [-0.2, 0) is 23.8 Å². The predicted molar refractivity (Wildman–Crippen MR) is 65.2 cm³/mol. The van der Waals surface area contributed by atoms with Crippen molar-refractivity contribution in [2.45, 2.75) is 32.0 Å². The number of hydrogen-bond donors (Lipinski definition) is 0. The van der Waals surface area contributed by atoms with Gasteiger partial charge in [-0.3, -0.25) is 9.59 Å². The smallest absolute Gasteiger partial charge is 0.319 e. The van der Waals surface area contributed by atoms with Crippen LogP contribution in [0.1, 0.15) is 26.2 Å². The number of ketones is 1. The Morgan fingerprint density at radius 3 is 2.74 bits per heavy atom. The van der Waals surface area contributed by atoms with Crippen molar-refractivity contribution < 1.29 is 23.8 Å². The molecule has 19 heavy (non-hydrogen) atoms. The first-order valence-corrected chi connectivity index (χ1v) is 6.59. The second-order valence-corrected chi connectivity index (χ2v) is 5.72. The maximum Gasteiger partial charge on any atom is 0.319 e. The van der Waals surface area contributed by atoms with Gasteiger partial charge in [0.15, 0.2) is 11.6 Å². The van der Waals surface area contributed by atoms with Crippen LogP contribution in [0.2, 0.25) is 0 Å². The molecule has 1 saturated heterocycles. The molecule has 3 aliphatic rings. The van der Waals surface area contributed by atoms with E-state index in [1.807, 2.05) is 13.0 Å². The first-order chi connectivity index (χ1) is 9.01. The molecule has 104 valence electrons. The Kier molecular flexibility index (Phi) is 2.80. The van der Waals surface area contributed by atoms with Crippen LogP contribution in [0, 0.1) is 11.3 Å². The van der Waals surface area contributed by atoms with Crippen LogP contribution in [0.4, 0.5) is 0 Å². The third kappa shape index (κ3) is 1.75. The summed E-state index contributed by atoms with van der Waals surface area (Å²) in [5.41, 5.74) is -0.0660. The van der Waals surface area contributed by atoms with E-state index in [2.05, 4.69) is 0 Å². The first kappa shape index (κ1) is 12.8. The molecule has 0 N–H and O–H groups in total. The lowest BCUT2D eigenvalue weighted by atomic mass is 9.60. The number of hydrogen-bond acceptors (Lipinski definition) is 5. The second kappa shape index (κ2) is 4.15. The van der Waals surface area contributed by atoms with Crippen molar-refractivity contribution in [3.63, 3.8) is 0 Å². The van der Waals surface area contributed by atoms with E-state index in [1.165, 1.54) is 7.11 Å². The predicted octanol–water partition coefficient (Wildman–Crippen LogP) is 1.22. The molecule has 2 unspecified atom stereocenters. The van der Waals surface area contributed by atoms with Gasteiger partial charge < -0.3 is 14.2 Å². The number of fused-ring (bicyclic) bond motifs is 2. The van der Waals surface area contributed by atoms with Gasteiger partial charge in [-0.05, 0) is 13.3 Å². The monoisotopic (exact) mass is 266 g/mol. The molecule has 1 spiro atoms. The molecule has 2 fully saturated rings. The summed E-state index contributed by atoms with van der Waals surface area (Å²) < 4.78 is 16.3. The van der Waals surface area contributed by atoms with Crippen LogP contribution in [0.3, 0.4) is 0 Å². The van der Waals surface area contributed by atoms with Crippen LogP contribution >= 0.6 is 0 Å². The van der Waals surface area contributed by atoms with E-state index in [0.29, 0.717) is 26.1 Å². The third-order valence-electron chi connectivity index (χ3n) is 4.37. The van der Waals surface area contributed by atoms with Crippen molar-refractivity contribution in [1.82, 2.24) is 0 Å². The molecule has 2 atom stereocenters. The van der Waals surface area contributed by atoms with Gasteiger partial charge in [-0.2, -0.15) is 0 Å². The van der Waals surface area contributed by atoms with Crippen molar-refractivity contribution in [2.75, 3.05) is 20.3 Å². The minimum Gasteiger partial charge on any atom is -0.468 e. The van der Waals surface area contributed by atoms with Crippen molar-refractivity contribution in [3.8, 4) is 0 Å². The molecule has 1 aliphatic heterocycles. The molecular weight excluding hydrogens is 248 g/mol. The number of methoxy groups -OCH3 is 1. The maximum absolute atomic E-state index is 12.6. The molecule has 3 rings (SSSR count). The minimum absolute atomic E-state index is 0.0466. The zero-order valence-electron chi connectivity index (χ0n) is 11.2. The number of carbonyl (C=O) groups excluding carboxylic acids is 2. The minimum atomic E-state index is -1.12. The maximum atomic E-state index is 12.6. The van der Waals surface area contributed by atoms with Crippen molar-refractivity contribution in [1.29, 1.82) is 0 Å². The van der Waals surface area contributed by atoms with Gasteiger partial charge in [-0.15, -0.1) is 0 Å². The number of Topliss-reactive ketones (excluding diaryl/α,β-unsaturated/α-hetero) is 1. The summed E-state index contributed by atoms with van der Waals surface area (Å²) in [6.07, 6.45) is 3.12. The largest absolute Gasteiger partial charge is 0.468 e. The van der Waals surface area contributed by atoms with Gasteiger partial charge in [0.1, 0.15) is 5.41 Å². The molecule has 1 saturated carbocycles. The summed E-state index contributed by atoms with van der Waals surface area (Å²) in [4.78, 5) is 24.8. The number of esters is 1. The second-order valence-electron chi connectivity index (χ2n) is 5.72. The normalized spacial score (nSPS) is 36.2. The summed E-state index contributed by atoms with van der Waals surface area (Å²) in [6, 6.07) is 0. The summed E-state index contributed by atoms with van der Waals surface area (Å²) in [5.74, 6) is -1.60. The van der Waals surface area contributed by atoms with Crippen LogP contribution < -0.4 is 0 Å². The number of rotatable bonds is 1. The van der Waals surface area contributed by atoms with Crippen molar-refractivity contribution in [3.05, 3.63) is 11.6 Å². The fourth-order valence-corrected chi connectivity index (χ4v) is 3.72. The standard InChI is InChI=1S/C14H18O5/c1-9-5-10-7-14(18-3-4-19-14)8-13(6-9,11(10)15)12(16)17-2/h5,10H,3-4,6-8H2,1-2H3. The number of ether oxygens (including phenoxy) is 3. The Morgan fingerprint density at radius 1 is 1.42 bits per heavy atom. The molecule has 0 amide bonds. The lowest BCUT2D eigenvalue weighted by Gasteiger charge is -2.47. The van der Waals surface area contributed by atoms with Crippen LogP contribution in [-0.4, -0.2) is 37.9 Å². The van der Waals surface area contributed by atoms with Gasteiger partial charge in [-0.25, -0.2) is 0 Å². The highest BCUT2D eigenvalue weighted by Crippen LogP contribution is 2.52. The molecule has 0 aromatic carbocycles. The Bertz CT molecular complexity index is 460. The van der Waals surface area contributed by atoms with Crippen molar-refractivity contribution >= 4 is 11.8 Å². The highest BCUT2D eigenvalue weighted by molar-refractivity contribution is 6.07. The number of allylic oxidation sites excluding steroid dienone is 2. The average Bonchev–Trinajstić information content (AvgIpc) is 2.80. The molecule has 5 heteroatoms. The zero-order chi connectivity index (χ0) is 13.7. The molecule has 0 aromatic heterocycles. The van der Waals surface area contributed by atoms with E-state index in [-0.39, 0.29) is 18.1 Å². The highest BCUT2D eigenvalue weighted by Gasteiger charge is 2.62. The Balaban J connectivity index is 2.05. The van der Waals surface area contributed by atoms with Gasteiger partial charge in [0, 0.05) is 18.8 Å². The average molecular weight is 266 g/mol. The van der Waals surface area contributed by atoms with Gasteiger partial charge in [-0.1, -0.05) is 11.6 Å². The Labute approximate surface area is 111 Å². The zero-order valence-corrected chi connectivity index (χ0v) is 11.2. The van der Waals surface area contributed by atoms with Crippen LogP contribution in [0.25, 0.3) is 0 Å². The molecule has 0 radical (unpaired) electrons. The molecule has 5 nitrogen and oxygen atoms in total. The molecular formula is C14H18O5. The van der Waals surface area contributed by atoms with E-state index >= 15 is 0 Å². The summed E-state index contributed by atoms with van der Waals surface area (Å²) in [6.45, 7) is 2.98. The quantitative estimate of drug-likeness (QED) is 0.405. The first-order valence-electron chi connectivity index (χ1n) is 6.59. The SMILES string of the molecule is COC(=O)C12CC(C)=CC(CC3(C1)OCCO3)C2=O. The lowest BCUT2D eigenvalue weighted by molar-refractivity contribution is -0.215. The van der Waals surface area contributed by atoms with Crippen LogP contribution in [0.5, 0.6) is 0 Å². The molecule has 0 aromatic rings. The lowest BCUT2D eigenvalue weighted by Crippen LogP contribution is -2.57. The van der Waals surface area contributed by atoms with E-state index in [4.69, 9.17) is 14.2 Å². The molecule has 2 aliphatic carbocycles. The van der Waals surface area contributed by atoms with Gasteiger partial charge in [0.25, 0.3) is 0 Å². The van der Waals surface area contributed by atoms with E-state index in [9.17, 15) is 9.59 Å². The van der Waals surface area contributed by atoms with Gasteiger partial charge in [0.2, 0.25) is 0 Å². The fourth-order valence-electron chi connectivity index (χ4n) is 3.72. The Hall–Kier alpha value is -1.20. The van der Waals surface area contributed by atoms with Gasteiger partial charge in [0.05, 0.1) is 20.3 Å². The highest BCUT2D eigenvalue weighted by atomic mass is 16.7. The van der Waals surface area contributed by atoms with Crippen molar-refractivity contribution in [2.24, 2.45) is 11.3 Å². The number of carbonyl (C=O) groups is 2. The van der Waals surface area contributed by atoms with Gasteiger partial charge >= 0.3 is 5.97 Å². The summed E-state index contributed by atoms with van der Waals surface area (Å²) in [7, 11) is 1.32. The molecule has 1 heterocycles. The third-order valence-corrected chi connectivity index (χ3v) is 4.37. The summed E-state index contributed by atoms with van der Waals surface area (Å²) >= 11 is 0. The summed E-state index contributed by atoms with van der Waals surface area (Å²) in [5, 5.41) is 0. The topological polar surface area (TPSA) is 61.8 Å². The molecule has 2 bridgehead atoms. The van der Waals surface area contributed by atoms with E-state index in [0.717, 1.165) is 5.57 Å².